The fourth-order valence-electron chi connectivity index (χ4n) is 1.11. The Morgan fingerprint density at radius 3 is 2.30 bits per heavy atom. The first-order valence-corrected chi connectivity index (χ1v) is 6.04. The number of aliphatic carboxylic acids is 1. The van der Waals surface area contributed by atoms with Crippen LogP contribution in [0, 0.1) is 11.8 Å². The highest BCUT2D eigenvalue weighted by Crippen LogP contribution is 2.05. The molecule has 3 N–H and O–H groups in total. The van der Waals surface area contributed by atoms with Crippen molar-refractivity contribution in [3.8, 4) is 11.8 Å². The molecule has 7 nitrogen and oxygen atoms in total. The molecule has 0 aliphatic heterocycles. The molecule has 0 heterocycles. The van der Waals surface area contributed by atoms with Gasteiger partial charge in [-0.25, -0.2) is 9.59 Å². The first-order chi connectivity index (χ1) is 9.11. The molecule has 7 heteroatoms. The summed E-state index contributed by atoms with van der Waals surface area (Å²) in [5.41, 5.74) is -0.586. The van der Waals surface area contributed by atoms with Crippen LogP contribution in [-0.4, -0.2) is 41.3 Å². The molecular weight excluding hydrogens is 264 g/mol. The van der Waals surface area contributed by atoms with Crippen molar-refractivity contribution in [1.29, 1.82) is 0 Å². The molecule has 0 saturated carbocycles. The number of hydrogen-bond donors (Lipinski definition) is 3. The van der Waals surface area contributed by atoms with Crippen LogP contribution < -0.4 is 10.6 Å². The largest absolute Gasteiger partial charge is 0.480 e. The van der Waals surface area contributed by atoms with Gasteiger partial charge in [-0.3, -0.25) is 4.79 Å². The first-order valence-electron chi connectivity index (χ1n) is 6.04. The topological polar surface area (TPSA) is 105 Å². The van der Waals surface area contributed by atoms with Crippen LogP contribution in [-0.2, 0) is 14.3 Å². The molecule has 0 spiro atoms. The Morgan fingerprint density at radius 2 is 1.85 bits per heavy atom. The minimum Gasteiger partial charge on any atom is -0.480 e. The smallest absolute Gasteiger partial charge is 0.408 e. The summed E-state index contributed by atoms with van der Waals surface area (Å²) in [6.45, 7) is 6.49. The van der Waals surface area contributed by atoms with Gasteiger partial charge in [0.2, 0.25) is 5.91 Å². The van der Waals surface area contributed by atoms with E-state index in [9.17, 15) is 14.4 Å². The highest BCUT2D eigenvalue weighted by Gasteiger charge is 2.17. The van der Waals surface area contributed by atoms with Gasteiger partial charge in [0.15, 0.2) is 0 Å². The highest BCUT2D eigenvalue weighted by atomic mass is 16.6. The minimum atomic E-state index is -1.16. The van der Waals surface area contributed by atoms with Crippen LogP contribution in [0.2, 0.25) is 0 Å². The third-order valence-corrected chi connectivity index (χ3v) is 1.83. The lowest BCUT2D eigenvalue weighted by Crippen LogP contribution is -2.39. The third-order valence-electron chi connectivity index (χ3n) is 1.83. The van der Waals surface area contributed by atoms with Gasteiger partial charge in [-0.1, -0.05) is 11.8 Å². The zero-order valence-electron chi connectivity index (χ0n) is 12.1. The summed E-state index contributed by atoms with van der Waals surface area (Å²) in [7, 11) is 0. The van der Waals surface area contributed by atoms with E-state index < -0.39 is 29.6 Å². The SMILES string of the molecule is CC(=O)NC(CC#CCNC(=O)OC(C)(C)C)C(=O)O. The van der Waals surface area contributed by atoms with Crippen LogP contribution in [0.1, 0.15) is 34.1 Å². The number of carbonyl (C=O) groups excluding carboxylic acids is 2. The number of alkyl carbamates (subject to hydrolysis) is 1. The Hall–Kier alpha value is -2.23. The summed E-state index contributed by atoms with van der Waals surface area (Å²) in [6, 6.07) is -1.05. The zero-order chi connectivity index (χ0) is 15.8. The number of nitrogens with one attached hydrogen (secondary N) is 2. The summed E-state index contributed by atoms with van der Waals surface area (Å²) in [4.78, 5) is 32.8. The second kappa shape index (κ2) is 8.04. The third kappa shape index (κ3) is 9.76. The molecule has 0 aromatic carbocycles. The molecule has 0 aliphatic carbocycles. The number of hydrogen-bond acceptors (Lipinski definition) is 4. The zero-order valence-corrected chi connectivity index (χ0v) is 12.1. The Bertz CT molecular complexity index is 428. The van der Waals surface area contributed by atoms with E-state index in [0.717, 1.165) is 0 Å². The predicted octanol–water partition coefficient (Wildman–Crippen LogP) is 0.494. The number of carboxylic acid groups (broad SMARTS) is 1. The number of carboxylic acids is 1. The molecule has 0 aliphatic rings. The molecule has 0 aromatic heterocycles. The van der Waals surface area contributed by atoms with E-state index >= 15 is 0 Å². The summed E-state index contributed by atoms with van der Waals surface area (Å²) < 4.78 is 4.99. The van der Waals surface area contributed by atoms with Gasteiger partial charge in [0.1, 0.15) is 11.6 Å². The van der Waals surface area contributed by atoms with Crippen molar-refractivity contribution in [3.05, 3.63) is 0 Å². The maximum Gasteiger partial charge on any atom is 0.408 e. The Labute approximate surface area is 118 Å². The van der Waals surface area contributed by atoms with E-state index in [2.05, 4.69) is 22.5 Å². The molecular formula is C13H20N2O5. The first kappa shape index (κ1) is 17.8. The summed E-state index contributed by atoms with van der Waals surface area (Å²) in [5, 5.41) is 13.5. The number of rotatable bonds is 4. The van der Waals surface area contributed by atoms with Crippen molar-refractivity contribution in [2.45, 2.75) is 45.8 Å². The monoisotopic (exact) mass is 284 g/mol. The summed E-state index contributed by atoms with van der Waals surface area (Å²) in [5.74, 6) is 3.56. The molecule has 0 fully saturated rings. The maximum absolute atomic E-state index is 11.3. The minimum absolute atomic E-state index is 0.0368. The molecule has 0 aromatic rings. The van der Waals surface area contributed by atoms with Gasteiger partial charge in [-0.2, -0.15) is 0 Å². The van der Waals surface area contributed by atoms with Gasteiger partial charge in [0, 0.05) is 13.3 Å². The Morgan fingerprint density at radius 1 is 1.25 bits per heavy atom. The molecule has 2 amide bonds. The van der Waals surface area contributed by atoms with Crippen LogP contribution in [0.25, 0.3) is 0 Å². The average molecular weight is 284 g/mol. The van der Waals surface area contributed by atoms with E-state index in [-0.39, 0.29) is 13.0 Å². The summed E-state index contributed by atoms with van der Waals surface area (Å²) in [6.07, 6.45) is -0.631. The normalized spacial score (nSPS) is 11.6. The van der Waals surface area contributed by atoms with Gasteiger partial charge < -0.3 is 20.5 Å². The van der Waals surface area contributed by atoms with Crippen LogP contribution in [0.4, 0.5) is 4.79 Å². The van der Waals surface area contributed by atoms with Crippen molar-refractivity contribution < 1.29 is 24.2 Å². The lowest BCUT2D eigenvalue weighted by Gasteiger charge is -2.19. The molecule has 112 valence electrons. The van der Waals surface area contributed by atoms with Crippen molar-refractivity contribution in [2.75, 3.05) is 6.54 Å². The number of amides is 2. The molecule has 20 heavy (non-hydrogen) atoms. The molecule has 1 unspecified atom stereocenters. The van der Waals surface area contributed by atoms with Crippen molar-refractivity contribution in [3.63, 3.8) is 0 Å². The Balaban J connectivity index is 4.11. The second-order valence-electron chi connectivity index (χ2n) is 5.00. The van der Waals surface area contributed by atoms with Crippen molar-refractivity contribution in [2.24, 2.45) is 0 Å². The van der Waals surface area contributed by atoms with Gasteiger partial charge in [-0.05, 0) is 20.8 Å². The quantitative estimate of drug-likeness (QED) is 0.652. The van der Waals surface area contributed by atoms with Gasteiger partial charge in [0.25, 0.3) is 0 Å². The molecule has 0 rings (SSSR count). The molecule has 0 radical (unpaired) electrons. The van der Waals surface area contributed by atoms with E-state index in [4.69, 9.17) is 9.84 Å². The highest BCUT2D eigenvalue weighted by molar-refractivity contribution is 5.82. The fourth-order valence-corrected chi connectivity index (χ4v) is 1.11. The van der Waals surface area contributed by atoms with E-state index in [1.165, 1.54) is 6.92 Å². The van der Waals surface area contributed by atoms with Crippen molar-refractivity contribution in [1.82, 2.24) is 10.6 Å². The molecule has 1 atom stereocenters. The van der Waals surface area contributed by atoms with Crippen LogP contribution in [0.5, 0.6) is 0 Å². The van der Waals surface area contributed by atoms with Crippen molar-refractivity contribution >= 4 is 18.0 Å². The molecule has 0 saturated heterocycles. The number of carbonyl (C=O) groups is 3. The second-order valence-corrected chi connectivity index (χ2v) is 5.00. The van der Waals surface area contributed by atoms with E-state index in [0.29, 0.717) is 0 Å². The lowest BCUT2D eigenvalue weighted by atomic mass is 10.2. The van der Waals surface area contributed by atoms with Crippen LogP contribution >= 0.6 is 0 Å². The van der Waals surface area contributed by atoms with E-state index in [1.807, 2.05) is 0 Å². The fraction of sp³-hybridized carbons (Fsp3) is 0.615. The van der Waals surface area contributed by atoms with E-state index in [1.54, 1.807) is 20.8 Å². The van der Waals surface area contributed by atoms with Gasteiger partial charge >= 0.3 is 12.1 Å². The van der Waals surface area contributed by atoms with Crippen LogP contribution in [0.3, 0.4) is 0 Å². The average Bonchev–Trinajstić information content (AvgIpc) is 2.23. The van der Waals surface area contributed by atoms with Gasteiger partial charge in [-0.15, -0.1) is 0 Å². The number of ether oxygens (including phenoxy) is 1. The van der Waals surface area contributed by atoms with Gasteiger partial charge in [0.05, 0.1) is 6.54 Å². The predicted molar refractivity (Wildman–Crippen MR) is 71.9 cm³/mol. The Kier molecular flexibility index (Phi) is 7.15. The maximum atomic E-state index is 11.3. The van der Waals surface area contributed by atoms with Crippen LogP contribution in [0.15, 0.2) is 0 Å². The standard InChI is InChI=1S/C13H20N2O5/c1-9(16)15-10(11(17)18)7-5-6-8-14-12(19)20-13(2,3)4/h10H,7-8H2,1-4H3,(H,14,19)(H,15,16)(H,17,18). The molecule has 0 bridgehead atoms. The summed E-state index contributed by atoms with van der Waals surface area (Å²) >= 11 is 0. The lowest BCUT2D eigenvalue weighted by molar-refractivity contribution is -0.141.